The van der Waals surface area contributed by atoms with Gasteiger partial charge in [0.15, 0.2) is 0 Å². The van der Waals surface area contributed by atoms with Gasteiger partial charge in [-0.25, -0.2) is 0 Å². The molecule has 0 bridgehead atoms. The summed E-state index contributed by atoms with van der Waals surface area (Å²) in [7, 11) is 4.04. The van der Waals surface area contributed by atoms with Gasteiger partial charge in [0.1, 0.15) is 6.17 Å². The number of carbonyl (C=O) groups excluding carboxylic acids is 1. The largest absolute Gasteiger partial charge is 0.378 e. The molecule has 2 aromatic carbocycles. The lowest BCUT2D eigenvalue weighted by molar-refractivity contribution is 0.0695. The summed E-state index contributed by atoms with van der Waals surface area (Å²) in [5.74, 6) is 0.0820. The molecule has 114 valence electrons. The van der Waals surface area contributed by atoms with Crippen LogP contribution in [0.4, 0.5) is 11.4 Å². The first kappa shape index (κ1) is 14.4. The third kappa shape index (κ3) is 2.41. The molecule has 0 spiro atoms. The Morgan fingerprint density at radius 1 is 1.09 bits per heavy atom. The highest BCUT2D eigenvalue weighted by Gasteiger charge is 2.31. The topological polar surface area (TPSA) is 35.6 Å². The Bertz CT molecular complexity index is 679. The van der Waals surface area contributed by atoms with Crippen LogP contribution in [-0.4, -0.2) is 31.4 Å². The fourth-order valence-electron chi connectivity index (χ4n) is 2.84. The molecular weight excluding hydrogens is 274 g/mol. The van der Waals surface area contributed by atoms with Crippen molar-refractivity contribution >= 4 is 17.3 Å². The second kappa shape index (κ2) is 5.72. The highest BCUT2D eigenvalue weighted by molar-refractivity contribution is 6.01. The molecule has 4 nitrogen and oxygen atoms in total. The highest BCUT2D eigenvalue weighted by Crippen LogP contribution is 2.33. The van der Waals surface area contributed by atoms with Crippen LogP contribution in [0, 0.1) is 0 Å². The predicted molar refractivity (Wildman–Crippen MR) is 90.3 cm³/mol. The van der Waals surface area contributed by atoms with Gasteiger partial charge in [0.25, 0.3) is 5.91 Å². The summed E-state index contributed by atoms with van der Waals surface area (Å²) in [5, 5.41) is 3.48. The molecule has 0 saturated carbocycles. The van der Waals surface area contributed by atoms with Crippen LogP contribution in [-0.2, 0) is 0 Å². The average molecular weight is 295 g/mol. The number of rotatable bonds is 3. The van der Waals surface area contributed by atoms with Gasteiger partial charge in [0, 0.05) is 32.0 Å². The summed E-state index contributed by atoms with van der Waals surface area (Å²) >= 11 is 0. The summed E-state index contributed by atoms with van der Waals surface area (Å²) in [5.41, 5.74) is 3.88. The number of hydrogen-bond acceptors (Lipinski definition) is 3. The average Bonchev–Trinajstić information content (AvgIpc) is 2.55. The molecule has 3 rings (SSSR count). The van der Waals surface area contributed by atoms with Crippen LogP contribution in [0.1, 0.15) is 29.0 Å². The van der Waals surface area contributed by atoms with Gasteiger partial charge in [-0.15, -0.1) is 0 Å². The SMILES string of the molecule is CCN1C(=O)c2ccccc2NC1c1ccc(N(C)C)cc1. The smallest absolute Gasteiger partial charge is 0.257 e. The fourth-order valence-corrected chi connectivity index (χ4v) is 2.84. The fraction of sp³-hybridized carbons (Fsp3) is 0.278. The molecule has 1 atom stereocenters. The third-order valence-corrected chi connectivity index (χ3v) is 4.09. The lowest BCUT2D eigenvalue weighted by atomic mass is 10.0. The Morgan fingerprint density at radius 3 is 2.41 bits per heavy atom. The minimum Gasteiger partial charge on any atom is -0.378 e. The number of hydrogen-bond donors (Lipinski definition) is 1. The molecule has 1 aliphatic heterocycles. The molecule has 0 aliphatic carbocycles. The molecule has 22 heavy (non-hydrogen) atoms. The van der Waals surface area contributed by atoms with Crippen LogP contribution < -0.4 is 10.2 Å². The predicted octanol–water partition coefficient (Wildman–Crippen LogP) is 3.34. The lowest BCUT2D eigenvalue weighted by Crippen LogP contribution is -2.42. The van der Waals surface area contributed by atoms with Crippen LogP contribution in [0.15, 0.2) is 48.5 Å². The number of amides is 1. The monoisotopic (exact) mass is 295 g/mol. The first-order valence-corrected chi connectivity index (χ1v) is 7.55. The van der Waals surface area contributed by atoms with Gasteiger partial charge in [-0.2, -0.15) is 0 Å². The summed E-state index contributed by atoms with van der Waals surface area (Å²) < 4.78 is 0. The van der Waals surface area contributed by atoms with Crippen molar-refractivity contribution in [3.63, 3.8) is 0 Å². The van der Waals surface area contributed by atoms with E-state index in [-0.39, 0.29) is 12.1 Å². The number of anilines is 2. The van der Waals surface area contributed by atoms with E-state index in [1.807, 2.05) is 50.2 Å². The van der Waals surface area contributed by atoms with E-state index in [0.29, 0.717) is 6.54 Å². The van der Waals surface area contributed by atoms with E-state index in [2.05, 4.69) is 34.5 Å². The Hall–Kier alpha value is -2.49. The van der Waals surface area contributed by atoms with Gasteiger partial charge in [-0.05, 0) is 36.8 Å². The zero-order valence-electron chi connectivity index (χ0n) is 13.2. The van der Waals surface area contributed by atoms with Crippen LogP contribution in [0.25, 0.3) is 0 Å². The minimum atomic E-state index is -0.122. The molecule has 1 unspecified atom stereocenters. The molecule has 0 aromatic heterocycles. The molecular formula is C18H21N3O. The Labute approximate surface area is 131 Å². The van der Waals surface area contributed by atoms with E-state index in [1.54, 1.807) is 0 Å². The second-order valence-electron chi connectivity index (χ2n) is 5.67. The van der Waals surface area contributed by atoms with Crippen LogP contribution in [0.5, 0.6) is 0 Å². The maximum atomic E-state index is 12.7. The van der Waals surface area contributed by atoms with E-state index in [4.69, 9.17) is 0 Å². The quantitative estimate of drug-likeness (QED) is 0.943. The van der Waals surface area contributed by atoms with E-state index in [0.717, 1.165) is 22.5 Å². The van der Waals surface area contributed by atoms with Crippen molar-refractivity contribution in [3.8, 4) is 0 Å². The summed E-state index contributed by atoms with van der Waals surface area (Å²) in [6, 6.07) is 16.0. The van der Waals surface area contributed by atoms with Crippen molar-refractivity contribution in [1.82, 2.24) is 4.90 Å². The van der Waals surface area contributed by atoms with Gasteiger partial charge >= 0.3 is 0 Å². The summed E-state index contributed by atoms with van der Waals surface area (Å²) in [4.78, 5) is 16.6. The molecule has 0 fully saturated rings. The molecule has 0 radical (unpaired) electrons. The maximum Gasteiger partial charge on any atom is 0.257 e. The van der Waals surface area contributed by atoms with Gasteiger partial charge in [0.2, 0.25) is 0 Å². The zero-order valence-corrected chi connectivity index (χ0v) is 13.2. The molecule has 1 N–H and O–H groups in total. The molecule has 2 aromatic rings. The molecule has 0 saturated heterocycles. The first-order chi connectivity index (χ1) is 10.6. The van der Waals surface area contributed by atoms with E-state index in [1.165, 1.54) is 0 Å². The van der Waals surface area contributed by atoms with Crippen molar-refractivity contribution in [2.45, 2.75) is 13.1 Å². The number of para-hydroxylation sites is 1. The zero-order chi connectivity index (χ0) is 15.7. The molecule has 1 heterocycles. The summed E-state index contributed by atoms with van der Waals surface area (Å²) in [6.45, 7) is 2.68. The van der Waals surface area contributed by atoms with E-state index >= 15 is 0 Å². The van der Waals surface area contributed by atoms with Crippen molar-refractivity contribution in [2.24, 2.45) is 0 Å². The van der Waals surface area contributed by atoms with Crippen molar-refractivity contribution in [3.05, 3.63) is 59.7 Å². The minimum absolute atomic E-state index is 0.0820. The maximum absolute atomic E-state index is 12.7. The number of fused-ring (bicyclic) bond motifs is 1. The molecule has 1 amide bonds. The number of nitrogens with zero attached hydrogens (tertiary/aromatic N) is 2. The normalized spacial score (nSPS) is 17.0. The third-order valence-electron chi connectivity index (χ3n) is 4.09. The van der Waals surface area contributed by atoms with Crippen LogP contribution in [0.3, 0.4) is 0 Å². The Morgan fingerprint density at radius 2 is 1.77 bits per heavy atom. The van der Waals surface area contributed by atoms with Crippen molar-refractivity contribution < 1.29 is 4.79 Å². The van der Waals surface area contributed by atoms with Gasteiger partial charge in [-0.1, -0.05) is 24.3 Å². The van der Waals surface area contributed by atoms with Gasteiger partial charge in [0.05, 0.1) is 5.56 Å². The second-order valence-corrected chi connectivity index (χ2v) is 5.67. The van der Waals surface area contributed by atoms with Gasteiger partial charge in [-0.3, -0.25) is 4.79 Å². The standard InChI is InChI=1S/C18H21N3O/c1-4-21-17(13-9-11-14(12-10-13)20(2)3)19-16-8-6-5-7-15(16)18(21)22/h5-12,17,19H,4H2,1-3H3. The highest BCUT2D eigenvalue weighted by atomic mass is 16.2. The Kier molecular flexibility index (Phi) is 3.75. The Balaban J connectivity index is 1.97. The van der Waals surface area contributed by atoms with E-state index < -0.39 is 0 Å². The van der Waals surface area contributed by atoms with Crippen LogP contribution in [0.2, 0.25) is 0 Å². The number of benzene rings is 2. The lowest BCUT2D eigenvalue weighted by Gasteiger charge is -2.37. The number of carbonyl (C=O) groups is 1. The summed E-state index contributed by atoms with van der Waals surface area (Å²) in [6.07, 6.45) is -0.122. The molecule has 1 aliphatic rings. The molecule has 4 heteroatoms. The number of nitrogens with one attached hydrogen (secondary N) is 1. The van der Waals surface area contributed by atoms with Crippen molar-refractivity contribution in [1.29, 1.82) is 0 Å². The van der Waals surface area contributed by atoms with E-state index in [9.17, 15) is 4.79 Å². The first-order valence-electron chi connectivity index (χ1n) is 7.55. The van der Waals surface area contributed by atoms with Gasteiger partial charge < -0.3 is 15.1 Å². The van der Waals surface area contributed by atoms with Crippen LogP contribution >= 0.6 is 0 Å². The van der Waals surface area contributed by atoms with Crippen molar-refractivity contribution in [2.75, 3.05) is 30.9 Å².